The van der Waals surface area contributed by atoms with Crippen molar-refractivity contribution in [1.82, 2.24) is 19.5 Å². The highest BCUT2D eigenvalue weighted by Gasteiger charge is 2.42. The molecule has 4 rings (SSSR count). The van der Waals surface area contributed by atoms with Crippen molar-refractivity contribution in [2.24, 2.45) is 0 Å². The third kappa shape index (κ3) is 8.45. The van der Waals surface area contributed by atoms with Gasteiger partial charge < -0.3 is 14.8 Å². The molecule has 2 aromatic heterocycles. The van der Waals surface area contributed by atoms with Gasteiger partial charge in [0.2, 0.25) is 0 Å². The molecule has 0 aliphatic carbocycles. The summed E-state index contributed by atoms with van der Waals surface area (Å²) in [6.07, 6.45) is -2.29. The number of piperidine rings is 1. The molecule has 1 fully saturated rings. The molecule has 15 heteroatoms. The number of pyridine rings is 1. The Morgan fingerprint density at radius 2 is 1.72 bits per heavy atom. The van der Waals surface area contributed by atoms with Crippen molar-refractivity contribution in [2.75, 3.05) is 23.9 Å². The minimum atomic E-state index is -5.31. The number of carbonyl (C=O) groups is 4. The smallest absolute Gasteiger partial charge is 0.461 e. The van der Waals surface area contributed by atoms with Gasteiger partial charge in [-0.1, -0.05) is 19.1 Å². The maximum Gasteiger partial charge on any atom is 0.472 e. The Labute approximate surface area is 269 Å². The van der Waals surface area contributed by atoms with Crippen molar-refractivity contribution in [3.63, 3.8) is 0 Å². The fourth-order valence-corrected chi connectivity index (χ4v) is 5.00. The lowest BCUT2D eigenvalue weighted by Crippen LogP contribution is -2.44. The van der Waals surface area contributed by atoms with Crippen molar-refractivity contribution < 1.29 is 41.8 Å². The molecule has 1 aromatic carbocycles. The molecule has 2 N–H and O–H groups in total. The molecule has 0 bridgehead atoms. The summed E-state index contributed by atoms with van der Waals surface area (Å²) >= 11 is 0. The van der Waals surface area contributed by atoms with Crippen LogP contribution in [-0.2, 0) is 20.7 Å². The first-order valence-electron chi connectivity index (χ1n) is 15.2. The summed E-state index contributed by atoms with van der Waals surface area (Å²) in [4.78, 5) is 61.8. The number of imidazole rings is 1. The number of rotatable bonds is 8. The van der Waals surface area contributed by atoms with E-state index in [1.165, 1.54) is 36.1 Å². The summed E-state index contributed by atoms with van der Waals surface area (Å²) in [6.45, 7) is 8.57. The minimum absolute atomic E-state index is 0.125. The lowest BCUT2D eigenvalue weighted by molar-refractivity contribution is -0.168. The molecular formula is C32H37F3N6O6. The standard InChI is InChI=1S/C32H37F3N6O6/c1-6-19-15-16-36-23(18-19)37-27(42)21-13-11-20(12-14-21)24-25(28(43)46-7-2)41(39-29(44)32(33,34)35)26(38-24)22-10-8-9-17-40(22)30(45)47-31(3,4)5/h11-16,18,22H,6-10,17H2,1-5H3,(H,39,44)(H,36,37,42)/t22-/m0/s1. The molecule has 1 atom stereocenters. The number of hydrogen-bond donors (Lipinski definition) is 2. The predicted molar refractivity (Wildman–Crippen MR) is 165 cm³/mol. The Balaban J connectivity index is 1.81. The summed E-state index contributed by atoms with van der Waals surface area (Å²) in [7, 11) is 0. The monoisotopic (exact) mass is 658 g/mol. The zero-order chi connectivity index (χ0) is 34.5. The number of aryl methyl sites for hydroxylation is 1. The molecule has 0 spiro atoms. The quantitative estimate of drug-likeness (QED) is 0.279. The number of carbonyl (C=O) groups excluding carboxylic acids is 4. The van der Waals surface area contributed by atoms with E-state index in [0.29, 0.717) is 23.3 Å². The number of nitrogens with zero attached hydrogens (tertiary/aromatic N) is 4. The Bertz CT molecular complexity index is 1630. The Kier molecular flexibility index (Phi) is 10.6. The van der Waals surface area contributed by atoms with E-state index < -0.39 is 47.4 Å². The van der Waals surface area contributed by atoms with E-state index >= 15 is 0 Å². The lowest BCUT2D eigenvalue weighted by Gasteiger charge is -2.36. The Hall–Kier alpha value is -4.95. The van der Waals surface area contributed by atoms with Crippen molar-refractivity contribution in [2.45, 2.75) is 78.1 Å². The summed E-state index contributed by atoms with van der Waals surface area (Å²) < 4.78 is 52.0. The van der Waals surface area contributed by atoms with Gasteiger partial charge in [0, 0.05) is 23.9 Å². The van der Waals surface area contributed by atoms with Crippen LogP contribution in [-0.4, -0.2) is 68.3 Å². The number of esters is 1. The fourth-order valence-electron chi connectivity index (χ4n) is 5.00. The fraction of sp³-hybridized carbons (Fsp3) is 0.438. The zero-order valence-corrected chi connectivity index (χ0v) is 26.7. The summed E-state index contributed by atoms with van der Waals surface area (Å²) in [5.74, 6) is -3.74. The van der Waals surface area contributed by atoms with Gasteiger partial charge in [0.1, 0.15) is 17.1 Å². The number of aromatic nitrogens is 3. The topological polar surface area (TPSA) is 145 Å². The summed E-state index contributed by atoms with van der Waals surface area (Å²) in [5.41, 5.74) is 1.70. The second-order valence-corrected chi connectivity index (χ2v) is 11.8. The van der Waals surface area contributed by atoms with Gasteiger partial charge in [0.15, 0.2) is 11.5 Å². The Morgan fingerprint density at radius 3 is 2.34 bits per heavy atom. The maximum atomic E-state index is 13.5. The van der Waals surface area contributed by atoms with E-state index in [2.05, 4.69) is 15.3 Å². The summed E-state index contributed by atoms with van der Waals surface area (Å²) in [5, 5.41) is 2.71. The number of halogens is 3. The van der Waals surface area contributed by atoms with E-state index in [9.17, 15) is 32.3 Å². The number of benzene rings is 1. The van der Waals surface area contributed by atoms with Gasteiger partial charge >= 0.3 is 24.1 Å². The van der Waals surface area contributed by atoms with E-state index in [0.717, 1.165) is 12.0 Å². The molecule has 3 aromatic rings. The molecule has 1 aliphatic rings. The average Bonchev–Trinajstić information content (AvgIpc) is 3.39. The van der Waals surface area contributed by atoms with Crippen LogP contribution >= 0.6 is 0 Å². The number of amides is 3. The predicted octanol–water partition coefficient (Wildman–Crippen LogP) is 6.03. The van der Waals surface area contributed by atoms with Crippen LogP contribution in [0.2, 0.25) is 0 Å². The van der Waals surface area contributed by atoms with Gasteiger partial charge in [0.05, 0.1) is 12.6 Å². The highest BCUT2D eigenvalue weighted by molar-refractivity contribution is 6.04. The normalized spacial score (nSPS) is 15.1. The molecule has 1 saturated heterocycles. The van der Waals surface area contributed by atoms with Gasteiger partial charge in [-0.05, 0) is 83.2 Å². The van der Waals surface area contributed by atoms with Crippen LogP contribution in [0.4, 0.5) is 23.8 Å². The van der Waals surface area contributed by atoms with E-state index in [1.807, 2.05) is 13.0 Å². The van der Waals surface area contributed by atoms with E-state index in [1.54, 1.807) is 38.5 Å². The van der Waals surface area contributed by atoms with Gasteiger partial charge in [-0.2, -0.15) is 13.2 Å². The highest BCUT2D eigenvalue weighted by atomic mass is 19.4. The lowest BCUT2D eigenvalue weighted by atomic mass is 10.0. The third-order valence-corrected chi connectivity index (χ3v) is 7.17. The van der Waals surface area contributed by atoms with Crippen molar-refractivity contribution in [1.29, 1.82) is 0 Å². The van der Waals surface area contributed by atoms with Crippen molar-refractivity contribution >= 4 is 29.7 Å². The molecule has 12 nitrogen and oxygen atoms in total. The third-order valence-electron chi connectivity index (χ3n) is 7.17. The first kappa shape index (κ1) is 34.9. The van der Waals surface area contributed by atoms with Gasteiger partial charge in [-0.15, -0.1) is 0 Å². The van der Waals surface area contributed by atoms with Crippen LogP contribution < -0.4 is 10.7 Å². The number of nitrogens with one attached hydrogen (secondary N) is 2. The number of alkyl halides is 3. The van der Waals surface area contributed by atoms with Crippen molar-refractivity contribution in [3.8, 4) is 11.3 Å². The molecule has 0 unspecified atom stereocenters. The molecule has 47 heavy (non-hydrogen) atoms. The number of anilines is 1. The van der Waals surface area contributed by atoms with Crippen LogP contribution in [0.5, 0.6) is 0 Å². The van der Waals surface area contributed by atoms with Crippen LogP contribution in [0.1, 0.15) is 92.2 Å². The molecule has 0 radical (unpaired) electrons. The Morgan fingerprint density at radius 1 is 1.02 bits per heavy atom. The van der Waals surface area contributed by atoms with E-state index in [4.69, 9.17) is 9.47 Å². The first-order chi connectivity index (χ1) is 22.1. The van der Waals surface area contributed by atoms with Gasteiger partial charge in [-0.3, -0.25) is 19.9 Å². The SMILES string of the molecule is CCOC(=O)c1c(-c2ccc(C(=O)Nc3cc(CC)ccn3)cc2)nc([C@@H]2CCCCN2C(=O)OC(C)(C)C)n1NC(=O)C(F)(F)F. The van der Waals surface area contributed by atoms with E-state index in [-0.39, 0.29) is 42.2 Å². The first-order valence-corrected chi connectivity index (χ1v) is 15.2. The molecular weight excluding hydrogens is 621 g/mol. The van der Waals surface area contributed by atoms with Crippen LogP contribution in [0.3, 0.4) is 0 Å². The number of hydrogen-bond acceptors (Lipinski definition) is 8. The highest BCUT2D eigenvalue weighted by Crippen LogP contribution is 2.36. The van der Waals surface area contributed by atoms with Crippen LogP contribution in [0.15, 0.2) is 42.6 Å². The molecule has 0 saturated carbocycles. The van der Waals surface area contributed by atoms with Crippen LogP contribution in [0.25, 0.3) is 11.3 Å². The molecule has 252 valence electrons. The second-order valence-electron chi connectivity index (χ2n) is 11.8. The largest absolute Gasteiger partial charge is 0.472 e. The van der Waals surface area contributed by atoms with Gasteiger partial charge in [-0.25, -0.2) is 24.2 Å². The maximum absolute atomic E-state index is 13.5. The molecule has 3 heterocycles. The van der Waals surface area contributed by atoms with Gasteiger partial charge in [0.25, 0.3) is 5.91 Å². The van der Waals surface area contributed by atoms with Crippen LogP contribution in [0, 0.1) is 0 Å². The minimum Gasteiger partial charge on any atom is -0.461 e. The second kappa shape index (κ2) is 14.2. The number of likely N-dealkylation sites (tertiary alicyclic amines) is 1. The number of ether oxygens (including phenoxy) is 2. The molecule has 3 amide bonds. The van der Waals surface area contributed by atoms with Crippen molar-refractivity contribution in [3.05, 3.63) is 65.2 Å². The zero-order valence-electron chi connectivity index (χ0n) is 26.7. The molecule has 1 aliphatic heterocycles. The average molecular weight is 659 g/mol. The summed E-state index contributed by atoms with van der Waals surface area (Å²) in [6, 6.07) is 8.42.